The smallest absolute Gasteiger partial charge is 0.298 e. The van der Waals surface area contributed by atoms with Gasteiger partial charge in [0, 0.05) is 10.6 Å². The Bertz CT molecular complexity index is 926. The Kier molecular flexibility index (Phi) is 5.62. The molecule has 0 saturated carbocycles. The molecule has 0 bridgehead atoms. The summed E-state index contributed by atoms with van der Waals surface area (Å²) in [5.74, 6) is 0.908. The van der Waals surface area contributed by atoms with Crippen LogP contribution in [0.15, 0.2) is 41.3 Å². The third kappa shape index (κ3) is 3.61. The molecule has 27 heavy (non-hydrogen) atoms. The molecule has 6 nitrogen and oxygen atoms in total. The van der Waals surface area contributed by atoms with E-state index < -0.39 is 5.91 Å². The average molecular weight is 406 g/mol. The molecule has 0 unspecified atom stereocenters. The highest BCUT2D eigenvalue weighted by Gasteiger charge is 2.36. The van der Waals surface area contributed by atoms with Crippen LogP contribution in [0, 0.1) is 0 Å². The van der Waals surface area contributed by atoms with Crippen LogP contribution in [-0.4, -0.2) is 32.5 Å². The van der Waals surface area contributed by atoms with Crippen LogP contribution in [0.1, 0.15) is 5.56 Å². The molecule has 1 fully saturated rings. The highest BCUT2D eigenvalue weighted by molar-refractivity contribution is 8.19. The van der Waals surface area contributed by atoms with Crippen molar-refractivity contribution in [3.8, 4) is 17.2 Å². The van der Waals surface area contributed by atoms with Crippen LogP contribution in [0.4, 0.5) is 10.5 Å². The molecule has 1 saturated heterocycles. The van der Waals surface area contributed by atoms with E-state index in [0.717, 1.165) is 16.7 Å². The monoisotopic (exact) mass is 405 g/mol. The minimum atomic E-state index is -0.413. The number of anilines is 1. The fourth-order valence-electron chi connectivity index (χ4n) is 2.66. The van der Waals surface area contributed by atoms with Gasteiger partial charge in [-0.15, -0.1) is 0 Å². The summed E-state index contributed by atoms with van der Waals surface area (Å²) >= 11 is 6.73. The number of carbonyl (C=O) groups is 2. The van der Waals surface area contributed by atoms with Gasteiger partial charge in [-0.1, -0.05) is 11.6 Å². The van der Waals surface area contributed by atoms with Gasteiger partial charge in [0.05, 0.1) is 31.9 Å². The van der Waals surface area contributed by atoms with Gasteiger partial charge < -0.3 is 14.2 Å². The molecule has 0 spiro atoms. The second-order valence-electron chi connectivity index (χ2n) is 5.42. The number of nitrogens with zero attached hydrogens (tertiary/aromatic N) is 1. The zero-order valence-electron chi connectivity index (χ0n) is 14.8. The van der Waals surface area contributed by atoms with Crippen molar-refractivity contribution >= 4 is 46.3 Å². The van der Waals surface area contributed by atoms with E-state index in [1.165, 1.54) is 21.3 Å². The minimum absolute atomic E-state index is 0.278. The number of rotatable bonds is 5. The minimum Gasteiger partial charge on any atom is -0.493 e. The number of imide groups is 1. The number of amides is 2. The van der Waals surface area contributed by atoms with Crippen LogP contribution in [0.25, 0.3) is 6.08 Å². The summed E-state index contributed by atoms with van der Waals surface area (Å²) in [7, 11) is 4.51. The van der Waals surface area contributed by atoms with Crippen molar-refractivity contribution in [1.29, 1.82) is 0 Å². The maximum Gasteiger partial charge on any atom is 0.298 e. The lowest BCUT2D eigenvalue weighted by Crippen LogP contribution is -2.27. The molecule has 1 aliphatic rings. The van der Waals surface area contributed by atoms with E-state index in [1.54, 1.807) is 42.5 Å². The lowest BCUT2D eigenvalue weighted by molar-refractivity contribution is -0.113. The molecule has 3 rings (SSSR count). The molecule has 140 valence electrons. The first-order valence-corrected chi connectivity index (χ1v) is 9.02. The van der Waals surface area contributed by atoms with E-state index in [4.69, 9.17) is 25.8 Å². The Morgan fingerprint density at radius 2 is 1.59 bits per heavy atom. The molecule has 1 heterocycles. The molecule has 0 N–H and O–H groups in total. The van der Waals surface area contributed by atoms with Crippen LogP contribution < -0.4 is 19.1 Å². The van der Waals surface area contributed by atoms with Gasteiger partial charge in [-0.05, 0) is 54.2 Å². The summed E-state index contributed by atoms with van der Waals surface area (Å²) in [6, 6.07) is 9.94. The molecule has 0 aliphatic carbocycles. The largest absolute Gasteiger partial charge is 0.493 e. The molecule has 8 heteroatoms. The van der Waals surface area contributed by atoms with E-state index in [0.29, 0.717) is 33.5 Å². The summed E-state index contributed by atoms with van der Waals surface area (Å²) in [5, 5.41) is 0.143. The first-order valence-electron chi connectivity index (χ1n) is 7.82. The van der Waals surface area contributed by atoms with E-state index in [2.05, 4.69) is 0 Å². The highest BCUT2D eigenvalue weighted by Crippen LogP contribution is 2.43. The normalized spacial score (nSPS) is 15.4. The summed E-state index contributed by atoms with van der Waals surface area (Å²) in [5.41, 5.74) is 1.06. The van der Waals surface area contributed by atoms with Gasteiger partial charge in [0.1, 0.15) is 0 Å². The van der Waals surface area contributed by atoms with Gasteiger partial charge >= 0.3 is 0 Å². The predicted molar refractivity (Wildman–Crippen MR) is 106 cm³/mol. The van der Waals surface area contributed by atoms with Crippen molar-refractivity contribution in [2.45, 2.75) is 0 Å². The van der Waals surface area contributed by atoms with Crippen LogP contribution in [-0.2, 0) is 4.79 Å². The van der Waals surface area contributed by atoms with Crippen molar-refractivity contribution in [2.24, 2.45) is 0 Å². The third-order valence-corrected chi connectivity index (χ3v) is 5.02. The first-order chi connectivity index (χ1) is 13.0. The molecule has 2 aromatic rings. The lowest BCUT2D eigenvalue weighted by Gasteiger charge is -2.14. The quantitative estimate of drug-likeness (QED) is 0.677. The lowest BCUT2D eigenvalue weighted by atomic mass is 10.1. The van der Waals surface area contributed by atoms with Gasteiger partial charge in [0.25, 0.3) is 11.1 Å². The second kappa shape index (κ2) is 7.94. The van der Waals surface area contributed by atoms with Crippen LogP contribution >= 0.6 is 23.4 Å². The maximum absolute atomic E-state index is 12.8. The van der Waals surface area contributed by atoms with Crippen LogP contribution in [0.2, 0.25) is 5.02 Å². The van der Waals surface area contributed by atoms with E-state index in [9.17, 15) is 9.59 Å². The molecule has 1 aliphatic heterocycles. The summed E-state index contributed by atoms with van der Waals surface area (Å²) < 4.78 is 16.0. The average Bonchev–Trinajstić information content (AvgIpc) is 2.95. The first kappa shape index (κ1) is 19.1. The fraction of sp³-hybridized carbons (Fsp3) is 0.158. The molecular formula is C19H16ClNO5S. The van der Waals surface area contributed by atoms with E-state index in [-0.39, 0.29) is 10.1 Å². The molecule has 0 radical (unpaired) electrons. The standard InChI is InChI=1S/C19H16ClNO5S/c1-24-14-9-4-11(16(25-2)17(14)26-3)10-15-18(22)21(19(23)27-15)13-7-5-12(20)6-8-13/h4-10H,1-3H3/b15-10+. The van der Waals surface area contributed by atoms with Crippen LogP contribution in [0.3, 0.4) is 0 Å². The number of hydrogen-bond donors (Lipinski definition) is 0. The Morgan fingerprint density at radius 1 is 0.926 bits per heavy atom. The third-order valence-electron chi connectivity index (χ3n) is 3.90. The summed E-state index contributed by atoms with van der Waals surface area (Å²) in [6.45, 7) is 0. The van der Waals surface area contributed by atoms with Crippen molar-refractivity contribution in [1.82, 2.24) is 0 Å². The topological polar surface area (TPSA) is 65.1 Å². The summed E-state index contributed by atoms with van der Waals surface area (Å²) in [6.07, 6.45) is 1.60. The number of ether oxygens (including phenoxy) is 3. The van der Waals surface area contributed by atoms with Crippen molar-refractivity contribution < 1.29 is 23.8 Å². The SMILES string of the molecule is COc1ccc(/C=C2/SC(=O)N(c3ccc(Cl)cc3)C2=O)c(OC)c1OC. The molecule has 0 atom stereocenters. The highest BCUT2D eigenvalue weighted by atomic mass is 35.5. The number of carbonyl (C=O) groups excluding carboxylic acids is 2. The zero-order chi connectivity index (χ0) is 19.6. The van der Waals surface area contributed by atoms with Gasteiger partial charge in [-0.3, -0.25) is 9.59 Å². The number of methoxy groups -OCH3 is 3. The molecule has 0 aromatic heterocycles. The number of benzene rings is 2. The van der Waals surface area contributed by atoms with Crippen molar-refractivity contribution in [2.75, 3.05) is 26.2 Å². The second-order valence-corrected chi connectivity index (χ2v) is 6.85. The Labute approximate surface area is 165 Å². The molecular weight excluding hydrogens is 390 g/mol. The fourth-order valence-corrected chi connectivity index (χ4v) is 3.62. The Hall–Kier alpha value is -2.64. The number of thioether (sulfide) groups is 1. The zero-order valence-corrected chi connectivity index (χ0v) is 16.4. The van der Waals surface area contributed by atoms with E-state index in [1.807, 2.05) is 0 Å². The van der Waals surface area contributed by atoms with Gasteiger partial charge in [-0.2, -0.15) is 0 Å². The van der Waals surface area contributed by atoms with Crippen molar-refractivity contribution in [3.05, 3.63) is 51.9 Å². The maximum atomic E-state index is 12.8. The number of halogens is 1. The van der Waals surface area contributed by atoms with Gasteiger partial charge in [-0.25, -0.2) is 4.90 Å². The van der Waals surface area contributed by atoms with Gasteiger partial charge in [0.15, 0.2) is 11.5 Å². The molecule has 2 aromatic carbocycles. The molecule has 2 amide bonds. The number of hydrogen-bond acceptors (Lipinski definition) is 6. The van der Waals surface area contributed by atoms with Crippen LogP contribution in [0.5, 0.6) is 17.2 Å². The Balaban J connectivity index is 2.00. The van der Waals surface area contributed by atoms with Gasteiger partial charge in [0.2, 0.25) is 5.75 Å². The predicted octanol–water partition coefficient (Wildman–Crippen LogP) is 4.61. The van der Waals surface area contributed by atoms with Crippen molar-refractivity contribution in [3.63, 3.8) is 0 Å². The summed E-state index contributed by atoms with van der Waals surface area (Å²) in [4.78, 5) is 26.5. The Morgan fingerprint density at radius 3 is 2.19 bits per heavy atom. The van der Waals surface area contributed by atoms with E-state index >= 15 is 0 Å².